The lowest BCUT2D eigenvalue weighted by molar-refractivity contribution is 0.547. The second-order valence-corrected chi connectivity index (χ2v) is 6.87. The molecule has 0 N–H and O–H groups in total. The molecule has 0 aromatic heterocycles. The van der Waals surface area contributed by atoms with Gasteiger partial charge in [0.05, 0.1) is 0 Å². The van der Waals surface area contributed by atoms with Crippen LogP contribution >= 0.6 is 0 Å². The molecular formula is C22H36N. The molecule has 1 radical (unpaired) electrons. The zero-order valence-corrected chi connectivity index (χ0v) is 15.6. The Balaban J connectivity index is 2.14. The summed E-state index contributed by atoms with van der Waals surface area (Å²) in [6.07, 6.45) is 16.7. The largest absolute Gasteiger partial charge is 0.378 e. The highest BCUT2D eigenvalue weighted by Crippen LogP contribution is 2.17. The van der Waals surface area contributed by atoms with E-state index in [0.717, 1.165) is 0 Å². The molecule has 0 aliphatic heterocycles. The Bertz CT molecular complexity index is 416. The van der Waals surface area contributed by atoms with Crippen LogP contribution in [0.1, 0.15) is 70.3 Å². The molecule has 0 heterocycles. The lowest BCUT2D eigenvalue weighted by Gasteiger charge is -2.12. The van der Waals surface area contributed by atoms with Crippen LogP contribution in [0.5, 0.6) is 0 Å². The summed E-state index contributed by atoms with van der Waals surface area (Å²) in [6, 6.07) is 8.68. The van der Waals surface area contributed by atoms with E-state index in [0.29, 0.717) is 5.92 Å². The van der Waals surface area contributed by atoms with Crippen molar-refractivity contribution in [3.05, 3.63) is 42.8 Å². The van der Waals surface area contributed by atoms with Crippen LogP contribution in [0.15, 0.2) is 30.3 Å². The highest BCUT2D eigenvalue weighted by Gasteiger charge is 1.99. The van der Waals surface area contributed by atoms with Crippen molar-refractivity contribution in [3.8, 4) is 0 Å². The van der Waals surface area contributed by atoms with Crippen LogP contribution in [-0.4, -0.2) is 14.1 Å². The quantitative estimate of drug-likeness (QED) is 0.386. The van der Waals surface area contributed by atoms with E-state index in [1.807, 2.05) is 0 Å². The normalized spacial score (nSPS) is 12.7. The smallest absolute Gasteiger partial charge is 0.0361 e. The molecule has 0 fully saturated rings. The lowest BCUT2D eigenvalue weighted by atomic mass is 10.00. The predicted molar refractivity (Wildman–Crippen MR) is 106 cm³/mol. The van der Waals surface area contributed by atoms with Crippen molar-refractivity contribution < 1.29 is 0 Å². The Labute approximate surface area is 144 Å². The van der Waals surface area contributed by atoms with Crippen molar-refractivity contribution in [2.75, 3.05) is 19.0 Å². The number of benzene rings is 1. The fourth-order valence-electron chi connectivity index (χ4n) is 2.77. The molecule has 1 atom stereocenters. The zero-order chi connectivity index (χ0) is 16.9. The third-order valence-corrected chi connectivity index (χ3v) is 4.40. The van der Waals surface area contributed by atoms with Crippen LogP contribution in [-0.2, 0) is 0 Å². The van der Waals surface area contributed by atoms with E-state index < -0.39 is 0 Å². The maximum Gasteiger partial charge on any atom is 0.0361 e. The molecule has 0 bridgehead atoms. The van der Waals surface area contributed by atoms with Crippen molar-refractivity contribution in [1.82, 2.24) is 0 Å². The van der Waals surface area contributed by atoms with Gasteiger partial charge in [-0.2, -0.15) is 0 Å². The van der Waals surface area contributed by atoms with Crippen molar-refractivity contribution in [3.63, 3.8) is 0 Å². The van der Waals surface area contributed by atoms with Gasteiger partial charge in [0, 0.05) is 19.8 Å². The van der Waals surface area contributed by atoms with E-state index in [-0.39, 0.29) is 0 Å². The van der Waals surface area contributed by atoms with Gasteiger partial charge in [-0.15, -0.1) is 0 Å². The van der Waals surface area contributed by atoms with Crippen molar-refractivity contribution in [1.29, 1.82) is 0 Å². The van der Waals surface area contributed by atoms with Gasteiger partial charge in [-0.1, -0.05) is 82.6 Å². The Morgan fingerprint density at radius 3 is 2.04 bits per heavy atom. The number of allylic oxidation sites excluding steroid dienone is 1. The molecule has 1 rings (SSSR count). The van der Waals surface area contributed by atoms with E-state index >= 15 is 0 Å². The van der Waals surface area contributed by atoms with Gasteiger partial charge >= 0.3 is 0 Å². The van der Waals surface area contributed by atoms with E-state index in [1.54, 1.807) is 0 Å². The van der Waals surface area contributed by atoms with Gasteiger partial charge in [0.1, 0.15) is 0 Å². The van der Waals surface area contributed by atoms with Crippen LogP contribution in [0, 0.1) is 12.8 Å². The van der Waals surface area contributed by atoms with Gasteiger partial charge in [-0.25, -0.2) is 0 Å². The molecular weight excluding hydrogens is 278 g/mol. The number of hydrogen-bond donors (Lipinski definition) is 0. The first-order valence-corrected chi connectivity index (χ1v) is 9.42. The Kier molecular flexibility index (Phi) is 10.5. The average Bonchev–Trinajstić information content (AvgIpc) is 2.55. The summed E-state index contributed by atoms with van der Waals surface area (Å²) >= 11 is 0. The van der Waals surface area contributed by atoms with Crippen LogP contribution in [0.3, 0.4) is 0 Å². The summed E-state index contributed by atoms with van der Waals surface area (Å²) in [5.74, 6) is 0.434. The fraction of sp³-hybridized carbons (Fsp3) is 0.591. The molecule has 129 valence electrons. The van der Waals surface area contributed by atoms with Gasteiger partial charge in [0.25, 0.3) is 0 Å². The van der Waals surface area contributed by atoms with E-state index in [9.17, 15) is 0 Å². The minimum absolute atomic E-state index is 0.434. The number of anilines is 1. The van der Waals surface area contributed by atoms with Gasteiger partial charge in [0.15, 0.2) is 0 Å². The molecule has 0 spiro atoms. The summed E-state index contributed by atoms with van der Waals surface area (Å²) in [4.78, 5) is 2.12. The van der Waals surface area contributed by atoms with Crippen LogP contribution < -0.4 is 4.90 Å². The summed E-state index contributed by atoms with van der Waals surface area (Å²) in [5.41, 5.74) is 2.51. The zero-order valence-electron chi connectivity index (χ0n) is 15.6. The molecule has 1 aromatic rings. The molecule has 0 amide bonds. The third-order valence-electron chi connectivity index (χ3n) is 4.40. The first kappa shape index (κ1) is 19.8. The number of hydrogen-bond acceptors (Lipinski definition) is 1. The first-order chi connectivity index (χ1) is 11.1. The van der Waals surface area contributed by atoms with Crippen LogP contribution in [0.25, 0.3) is 6.08 Å². The minimum atomic E-state index is 0.434. The van der Waals surface area contributed by atoms with Gasteiger partial charge in [-0.05, 0) is 37.0 Å². The van der Waals surface area contributed by atoms with E-state index in [2.05, 4.69) is 69.3 Å². The summed E-state index contributed by atoms with van der Waals surface area (Å²) < 4.78 is 0. The molecule has 1 nitrogen and oxygen atoms in total. The summed E-state index contributed by atoms with van der Waals surface area (Å²) in [6.45, 7) is 6.54. The molecule has 0 aliphatic rings. The Hall–Kier alpha value is -1.24. The second-order valence-electron chi connectivity index (χ2n) is 6.87. The second kappa shape index (κ2) is 12.2. The lowest BCUT2D eigenvalue weighted by Crippen LogP contribution is -2.07. The first-order valence-electron chi connectivity index (χ1n) is 9.42. The topological polar surface area (TPSA) is 3.24 Å². The van der Waals surface area contributed by atoms with Crippen LogP contribution in [0.4, 0.5) is 5.69 Å². The molecule has 0 saturated heterocycles. The fourth-order valence-corrected chi connectivity index (χ4v) is 2.77. The molecule has 0 aliphatic carbocycles. The van der Waals surface area contributed by atoms with Gasteiger partial charge < -0.3 is 4.90 Å². The highest BCUT2D eigenvalue weighted by atomic mass is 15.1. The maximum absolute atomic E-state index is 4.26. The Morgan fingerprint density at radius 1 is 0.913 bits per heavy atom. The molecule has 0 saturated carbocycles. The third kappa shape index (κ3) is 9.48. The van der Waals surface area contributed by atoms with Crippen molar-refractivity contribution >= 4 is 11.8 Å². The van der Waals surface area contributed by atoms with E-state index in [1.165, 1.54) is 69.0 Å². The molecule has 1 aromatic carbocycles. The molecule has 1 heteroatoms. The van der Waals surface area contributed by atoms with Crippen molar-refractivity contribution in [2.45, 2.75) is 64.7 Å². The van der Waals surface area contributed by atoms with Gasteiger partial charge in [0.2, 0.25) is 0 Å². The van der Waals surface area contributed by atoms with Gasteiger partial charge in [-0.3, -0.25) is 0 Å². The summed E-state index contributed by atoms with van der Waals surface area (Å²) in [7, 11) is 4.14. The number of nitrogens with zero attached hydrogens (tertiary/aromatic N) is 1. The predicted octanol–water partition coefficient (Wildman–Crippen LogP) is 6.75. The minimum Gasteiger partial charge on any atom is -0.378 e. The van der Waals surface area contributed by atoms with E-state index in [4.69, 9.17) is 0 Å². The Morgan fingerprint density at radius 2 is 1.48 bits per heavy atom. The SMILES string of the molecule is [CH2]C(C=Cc1ccc(N(C)C)cc1)CCCCCCCCCC. The summed E-state index contributed by atoms with van der Waals surface area (Å²) in [5, 5.41) is 0. The number of unbranched alkanes of at least 4 members (excludes halogenated alkanes) is 7. The molecule has 23 heavy (non-hydrogen) atoms. The molecule has 1 unspecified atom stereocenters. The van der Waals surface area contributed by atoms with Crippen molar-refractivity contribution in [2.24, 2.45) is 5.92 Å². The maximum atomic E-state index is 4.26. The average molecular weight is 315 g/mol. The highest BCUT2D eigenvalue weighted by molar-refractivity contribution is 5.55. The number of rotatable bonds is 12. The monoisotopic (exact) mass is 314 g/mol. The standard InChI is InChI=1S/C22H36N/c1-5-6-7-8-9-10-11-12-13-20(2)14-15-21-16-18-22(19-17-21)23(3)4/h14-20H,2,5-13H2,1,3-4H3. The van der Waals surface area contributed by atoms with Crippen LogP contribution in [0.2, 0.25) is 0 Å².